The first-order chi connectivity index (χ1) is 15.6. The second-order valence-electron chi connectivity index (χ2n) is 7.53. The molecule has 1 fully saturated rings. The minimum absolute atomic E-state index is 0.310. The molecule has 0 aliphatic carbocycles. The number of carbonyl (C=O) groups excluding carboxylic acids is 2. The largest absolute Gasteiger partial charge is 0.363 e. The molecule has 0 atom stereocenters. The first kappa shape index (κ1) is 20.2. The molecule has 0 bridgehead atoms. The molecule has 3 heterocycles. The minimum Gasteiger partial charge on any atom is -0.363 e. The summed E-state index contributed by atoms with van der Waals surface area (Å²) in [7, 11) is 0. The van der Waals surface area contributed by atoms with Crippen LogP contribution in [-0.2, 0) is 9.59 Å². The fraction of sp³-hybridized carbons (Fsp3) is 0.167. The average molecular weight is 446 g/mol. The standard InChI is InChI=1S/C24H20ClN5O2/c25-18-9-7-17(8-10-18)20-21(23(32)30(22(20)31)19-5-2-1-3-6-19)28-13-15-29(16-14-28)24-26-11-4-12-27-24/h1-12H,13-16H2. The van der Waals surface area contributed by atoms with Gasteiger partial charge in [0.2, 0.25) is 5.95 Å². The Kier molecular flexibility index (Phi) is 5.33. The first-order valence-corrected chi connectivity index (χ1v) is 10.7. The fourth-order valence-electron chi connectivity index (χ4n) is 4.08. The second-order valence-corrected chi connectivity index (χ2v) is 7.97. The zero-order valence-corrected chi connectivity index (χ0v) is 17.9. The van der Waals surface area contributed by atoms with E-state index >= 15 is 0 Å². The lowest BCUT2D eigenvalue weighted by Crippen LogP contribution is -2.48. The van der Waals surface area contributed by atoms with Crippen molar-refractivity contribution in [2.75, 3.05) is 36.0 Å². The van der Waals surface area contributed by atoms with Gasteiger partial charge in [0.15, 0.2) is 0 Å². The minimum atomic E-state index is -0.327. The van der Waals surface area contributed by atoms with Crippen LogP contribution in [0.5, 0.6) is 0 Å². The predicted octanol–water partition coefficient (Wildman–Crippen LogP) is 3.24. The van der Waals surface area contributed by atoms with Gasteiger partial charge in [-0.1, -0.05) is 41.9 Å². The van der Waals surface area contributed by atoms with Gasteiger partial charge in [-0.3, -0.25) is 9.59 Å². The van der Waals surface area contributed by atoms with Gasteiger partial charge in [0, 0.05) is 43.6 Å². The van der Waals surface area contributed by atoms with Crippen molar-refractivity contribution < 1.29 is 9.59 Å². The van der Waals surface area contributed by atoms with Crippen LogP contribution in [0.2, 0.25) is 5.02 Å². The van der Waals surface area contributed by atoms with Crippen LogP contribution in [0.15, 0.2) is 78.8 Å². The van der Waals surface area contributed by atoms with Gasteiger partial charge in [-0.15, -0.1) is 0 Å². The molecule has 2 aliphatic rings. The van der Waals surface area contributed by atoms with Gasteiger partial charge in [-0.25, -0.2) is 14.9 Å². The molecule has 5 rings (SSSR count). The van der Waals surface area contributed by atoms with Crippen LogP contribution in [0.1, 0.15) is 5.56 Å². The number of benzene rings is 2. The van der Waals surface area contributed by atoms with Crippen molar-refractivity contribution in [2.45, 2.75) is 0 Å². The van der Waals surface area contributed by atoms with E-state index in [0.717, 1.165) is 0 Å². The molecule has 2 aromatic carbocycles. The summed E-state index contributed by atoms with van der Waals surface area (Å²) in [5.74, 6) is 0.0293. The maximum absolute atomic E-state index is 13.6. The number of carbonyl (C=O) groups is 2. The number of anilines is 2. The van der Waals surface area contributed by atoms with Crippen LogP contribution in [0.25, 0.3) is 5.57 Å². The molecule has 0 N–H and O–H groups in total. The predicted molar refractivity (Wildman–Crippen MR) is 123 cm³/mol. The van der Waals surface area contributed by atoms with E-state index in [9.17, 15) is 9.59 Å². The van der Waals surface area contributed by atoms with Gasteiger partial charge in [0.25, 0.3) is 11.8 Å². The van der Waals surface area contributed by atoms with Crippen molar-refractivity contribution in [1.29, 1.82) is 0 Å². The van der Waals surface area contributed by atoms with Crippen molar-refractivity contribution in [3.63, 3.8) is 0 Å². The number of piperazine rings is 1. The van der Waals surface area contributed by atoms with Crippen molar-refractivity contribution in [3.05, 3.63) is 89.3 Å². The van der Waals surface area contributed by atoms with Crippen molar-refractivity contribution in [3.8, 4) is 0 Å². The van der Waals surface area contributed by atoms with E-state index in [4.69, 9.17) is 11.6 Å². The summed E-state index contributed by atoms with van der Waals surface area (Å²) in [5.41, 5.74) is 2.06. The summed E-state index contributed by atoms with van der Waals surface area (Å²) in [6.07, 6.45) is 3.43. The Balaban J connectivity index is 1.50. The zero-order valence-electron chi connectivity index (χ0n) is 17.2. The number of halogens is 1. The van der Waals surface area contributed by atoms with Gasteiger partial charge in [-0.2, -0.15) is 0 Å². The molecule has 160 valence electrons. The molecular weight excluding hydrogens is 426 g/mol. The number of rotatable bonds is 4. The van der Waals surface area contributed by atoms with Gasteiger partial charge in [0.1, 0.15) is 5.70 Å². The Hall–Kier alpha value is -3.71. The first-order valence-electron chi connectivity index (χ1n) is 10.3. The molecule has 0 saturated carbocycles. The Morgan fingerprint density at radius 2 is 1.34 bits per heavy atom. The Morgan fingerprint density at radius 3 is 2.00 bits per heavy atom. The van der Waals surface area contributed by atoms with E-state index in [1.165, 1.54) is 4.90 Å². The lowest BCUT2D eigenvalue weighted by Gasteiger charge is -2.36. The number of hydrogen-bond acceptors (Lipinski definition) is 6. The second kappa shape index (κ2) is 8.43. The Bertz CT molecular complexity index is 1170. The number of amides is 2. The van der Waals surface area contributed by atoms with Crippen molar-refractivity contribution in [2.24, 2.45) is 0 Å². The third-order valence-electron chi connectivity index (χ3n) is 5.64. The monoisotopic (exact) mass is 445 g/mol. The molecule has 0 unspecified atom stereocenters. The summed E-state index contributed by atoms with van der Waals surface area (Å²) < 4.78 is 0. The maximum Gasteiger partial charge on any atom is 0.282 e. The lowest BCUT2D eigenvalue weighted by molar-refractivity contribution is -0.120. The highest BCUT2D eigenvalue weighted by Crippen LogP contribution is 2.35. The molecule has 2 aliphatic heterocycles. The summed E-state index contributed by atoms with van der Waals surface area (Å²) in [6.45, 7) is 2.45. The highest BCUT2D eigenvalue weighted by Gasteiger charge is 2.43. The molecule has 3 aromatic rings. The summed E-state index contributed by atoms with van der Waals surface area (Å²) in [6, 6.07) is 17.8. The molecule has 1 saturated heterocycles. The van der Waals surface area contributed by atoms with E-state index in [1.807, 2.05) is 23.1 Å². The van der Waals surface area contributed by atoms with Crippen LogP contribution >= 0.6 is 11.6 Å². The molecule has 0 spiro atoms. The molecular formula is C24H20ClN5O2. The van der Waals surface area contributed by atoms with Crippen LogP contribution in [0.4, 0.5) is 11.6 Å². The van der Waals surface area contributed by atoms with Crippen LogP contribution < -0.4 is 9.80 Å². The highest BCUT2D eigenvalue weighted by molar-refractivity contribution is 6.45. The van der Waals surface area contributed by atoms with Crippen LogP contribution in [-0.4, -0.2) is 52.9 Å². The van der Waals surface area contributed by atoms with Crippen molar-refractivity contribution >= 4 is 40.6 Å². The Labute approximate surface area is 190 Å². The molecule has 0 radical (unpaired) electrons. The molecule has 8 heteroatoms. The summed E-state index contributed by atoms with van der Waals surface area (Å²) >= 11 is 6.06. The molecule has 1 aromatic heterocycles. The number of para-hydroxylation sites is 1. The number of nitrogens with zero attached hydrogens (tertiary/aromatic N) is 5. The maximum atomic E-state index is 13.6. The summed E-state index contributed by atoms with van der Waals surface area (Å²) in [4.78, 5) is 41.0. The molecule has 7 nitrogen and oxygen atoms in total. The summed E-state index contributed by atoms with van der Waals surface area (Å²) in [5, 5.41) is 0.573. The smallest absolute Gasteiger partial charge is 0.282 e. The van der Waals surface area contributed by atoms with E-state index in [2.05, 4.69) is 14.9 Å². The van der Waals surface area contributed by atoms with E-state index in [-0.39, 0.29) is 11.8 Å². The number of hydrogen-bond donors (Lipinski definition) is 0. The zero-order chi connectivity index (χ0) is 22.1. The van der Waals surface area contributed by atoms with Gasteiger partial charge in [0.05, 0.1) is 11.3 Å². The van der Waals surface area contributed by atoms with E-state index in [0.29, 0.717) is 59.7 Å². The number of imide groups is 1. The molecule has 2 amide bonds. The topological polar surface area (TPSA) is 69.6 Å². The average Bonchev–Trinajstić information content (AvgIpc) is 3.10. The Morgan fingerprint density at radius 1 is 0.719 bits per heavy atom. The van der Waals surface area contributed by atoms with E-state index in [1.54, 1.807) is 54.9 Å². The third-order valence-corrected chi connectivity index (χ3v) is 5.89. The normalized spacial score (nSPS) is 16.8. The van der Waals surface area contributed by atoms with E-state index < -0.39 is 0 Å². The van der Waals surface area contributed by atoms with Crippen molar-refractivity contribution in [1.82, 2.24) is 14.9 Å². The number of aromatic nitrogens is 2. The van der Waals surface area contributed by atoms with Gasteiger partial charge >= 0.3 is 0 Å². The van der Waals surface area contributed by atoms with Crippen LogP contribution in [0, 0.1) is 0 Å². The van der Waals surface area contributed by atoms with Gasteiger partial charge < -0.3 is 9.80 Å². The SMILES string of the molecule is O=C1C(c2ccc(Cl)cc2)=C(N2CCN(c3ncccn3)CC2)C(=O)N1c1ccccc1. The quantitative estimate of drug-likeness (QED) is 0.574. The highest BCUT2D eigenvalue weighted by atomic mass is 35.5. The van der Waals surface area contributed by atoms with Crippen LogP contribution in [0.3, 0.4) is 0 Å². The van der Waals surface area contributed by atoms with Gasteiger partial charge in [-0.05, 0) is 35.9 Å². The lowest BCUT2D eigenvalue weighted by atomic mass is 10.0. The third kappa shape index (κ3) is 3.61. The fourth-order valence-corrected chi connectivity index (χ4v) is 4.21. The molecule has 32 heavy (non-hydrogen) atoms.